The minimum absolute atomic E-state index is 0.325. The lowest BCUT2D eigenvalue weighted by atomic mass is 9.89. The second-order valence-corrected chi connectivity index (χ2v) is 8.72. The number of likely N-dealkylation sites (tertiary alicyclic amines) is 1. The molecule has 2 aromatic rings. The minimum atomic E-state index is -0.325. The van der Waals surface area contributed by atoms with E-state index in [1.165, 1.54) is 35.4 Å². The molecule has 7 heteroatoms. The number of nitrogens with two attached hydrogens (primary N) is 1. The van der Waals surface area contributed by atoms with Gasteiger partial charge in [0.25, 0.3) is 0 Å². The van der Waals surface area contributed by atoms with Crippen molar-refractivity contribution in [3.05, 3.63) is 47.4 Å². The number of allylic oxidation sites excluding steroid dienone is 1. The maximum Gasteiger partial charge on any atom is 0.314 e. The molecule has 3 rings (SSSR count). The molecule has 2 heterocycles. The fourth-order valence-electron chi connectivity index (χ4n) is 4.29. The molecule has 2 amide bonds. The van der Waals surface area contributed by atoms with Crippen LogP contribution in [0.1, 0.15) is 57.9 Å². The molecule has 0 radical (unpaired) electrons. The quantitative estimate of drug-likeness (QED) is 0.508. The summed E-state index contributed by atoms with van der Waals surface area (Å²) in [5.74, 6) is 0.568. The van der Waals surface area contributed by atoms with E-state index in [2.05, 4.69) is 34.7 Å². The number of nitrogens with zero attached hydrogens (tertiary/aromatic N) is 3. The second kappa shape index (κ2) is 13.5. The number of urea groups is 1. The number of likely N-dealkylation sites (N-methyl/N-ethyl adjacent to an activating group) is 1. The Bertz CT molecular complexity index is 870. The number of unbranched alkanes of at least 4 members (excludes halogenated alkanes) is 1. The molecule has 32 heavy (non-hydrogen) atoms. The monoisotopic (exact) mass is 464 g/mol. The van der Waals surface area contributed by atoms with Crippen LogP contribution in [0.5, 0.6) is 0 Å². The fraction of sp³-hybridized carbons (Fsp3) is 0.560. The SMILES string of the molecule is C/C=C/F.CCCCn1cc(C2CCN(CCN(CC)C(N)=O)CC2)c2cc(Cl)ccc21. The maximum atomic E-state index is 11.4. The Morgan fingerprint density at radius 2 is 1.97 bits per heavy atom. The number of primary amides is 1. The van der Waals surface area contributed by atoms with Crippen molar-refractivity contribution in [3.63, 3.8) is 0 Å². The van der Waals surface area contributed by atoms with Gasteiger partial charge in [0.15, 0.2) is 0 Å². The Kier molecular flexibility index (Phi) is 11.0. The summed E-state index contributed by atoms with van der Waals surface area (Å²) in [6.45, 7) is 11.3. The van der Waals surface area contributed by atoms with Crippen LogP contribution in [0.2, 0.25) is 5.02 Å². The van der Waals surface area contributed by atoms with Gasteiger partial charge in [-0.3, -0.25) is 0 Å². The van der Waals surface area contributed by atoms with E-state index < -0.39 is 0 Å². The number of amides is 2. The first-order chi connectivity index (χ1) is 15.4. The molecule has 178 valence electrons. The van der Waals surface area contributed by atoms with Gasteiger partial charge in [0.2, 0.25) is 0 Å². The molecule has 0 aliphatic carbocycles. The zero-order valence-corrected chi connectivity index (χ0v) is 20.5. The molecule has 0 unspecified atom stereocenters. The van der Waals surface area contributed by atoms with E-state index in [0.717, 1.165) is 44.0 Å². The molecule has 0 atom stereocenters. The molecule has 1 saturated heterocycles. The van der Waals surface area contributed by atoms with Gasteiger partial charge in [-0.05, 0) is 75.9 Å². The van der Waals surface area contributed by atoms with E-state index in [1.807, 2.05) is 13.0 Å². The van der Waals surface area contributed by atoms with Crippen molar-refractivity contribution in [2.45, 2.75) is 58.9 Å². The molecule has 0 bridgehead atoms. The van der Waals surface area contributed by atoms with Crippen LogP contribution in [0.3, 0.4) is 0 Å². The summed E-state index contributed by atoms with van der Waals surface area (Å²) < 4.78 is 12.9. The van der Waals surface area contributed by atoms with Crippen molar-refractivity contribution < 1.29 is 9.18 Å². The van der Waals surface area contributed by atoms with Crippen molar-refractivity contribution in [1.82, 2.24) is 14.4 Å². The number of fused-ring (bicyclic) bond motifs is 1. The number of aryl methyl sites for hydroxylation is 1. The van der Waals surface area contributed by atoms with Gasteiger partial charge in [-0.25, -0.2) is 9.18 Å². The van der Waals surface area contributed by atoms with Crippen molar-refractivity contribution in [2.75, 3.05) is 32.7 Å². The number of piperidine rings is 1. The molecule has 1 aliphatic heterocycles. The zero-order valence-electron chi connectivity index (χ0n) is 19.7. The second-order valence-electron chi connectivity index (χ2n) is 8.29. The van der Waals surface area contributed by atoms with E-state index in [9.17, 15) is 9.18 Å². The third kappa shape index (κ3) is 7.24. The van der Waals surface area contributed by atoms with E-state index in [0.29, 0.717) is 25.3 Å². The fourth-order valence-corrected chi connectivity index (χ4v) is 4.46. The van der Waals surface area contributed by atoms with Crippen LogP contribution in [0.4, 0.5) is 9.18 Å². The Hall–Kier alpha value is -2.05. The number of aromatic nitrogens is 1. The van der Waals surface area contributed by atoms with Gasteiger partial charge in [-0.1, -0.05) is 31.0 Å². The average Bonchev–Trinajstić information content (AvgIpc) is 3.16. The minimum Gasteiger partial charge on any atom is -0.351 e. The molecular weight excluding hydrogens is 427 g/mol. The molecular formula is C25H38ClFN4O. The van der Waals surface area contributed by atoms with Gasteiger partial charge in [0.1, 0.15) is 0 Å². The Balaban J connectivity index is 0.000000837. The van der Waals surface area contributed by atoms with Crippen LogP contribution in [0, 0.1) is 0 Å². The smallest absolute Gasteiger partial charge is 0.314 e. The van der Waals surface area contributed by atoms with Crippen LogP contribution in [0.25, 0.3) is 10.9 Å². The molecule has 1 aromatic carbocycles. The molecule has 1 fully saturated rings. The summed E-state index contributed by atoms with van der Waals surface area (Å²) in [5.41, 5.74) is 8.16. The van der Waals surface area contributed by atoms with Gasteiger partial charge in [0.05, 0.1) is 6.33 Å². The molecule has 1 aliphatic rings. The predicted octanol–water partition coefficient (Wildman–Crippen LogP) is 6.16. The standard InChI is InChI=1S/C22H33ClN4O.C3H5F/c1-3-5-10-27-16-20(19-15-18(23)6-7-21(19)27)17-8-11-25(12-9-17)13-14-26(4-2)22(24)28;1-2-3-4/h6-7,15-17H,3-5,8-14H2,1-2H3,(H2,24,28);2-3H,1H3/b;3-2+. The first-order valence-corrected chi connectivity index (χ1v) is 12.1. The van der Waals surface area contributed by atoms with Crippen LogP contribution in [-0.2, 0) is 6.54 Å². The maximum absolute atomic E-state index is 11.4. The molecule has 0 saturated carbocycles. The van der Waals surface area contributed by atoms with Crippen LogP contribution < -0.4 is 5.73 Å². The van der Waals surface area contributed by atoms with E-state index >= 15 is 0 Å². The number of halogens is 2. The van der Waals surface area contributed by atoms with Crippen molar-refractivity contribution in [3.8, 4) is 0 Å². The largest absolute Gasteiger partial charge is 0.351 e. The van der Waals surface area contributed by atoms with Crippen molar-refractivity contribution in [2.24, 2.45) is 5.73 Å². The third-order valence-electron chi connectivity index (χ3n) is 6.16. The summed E-state index contributed by atoms with van der Waals surface area (Å²) >= 11 is 6.32. The summed E-state index contributed by atoms with van der Waals surface area (Å²) in [6.07, 6.45) is 8.87. The van der Waals surface area contributed by atoms with Gasteiger partial charge in [-0.2, -0.15) is 0 Å². The lowest BCUT2D eigenvalue weighted by Gasteiger charge is -2.33. The number of hydrogen-bond acceptors (Lipinski definition) is 2. The first kappa shape index (κ1) is 26.2. The predicted molar refractivity (Wildman–Crippen MR) is 133 cm³/mol. The highest BCUT2D eigenvalue weighted by atomic mass is 35.5. The molecule has 0 spiro atoms. The van der Waals surface area contributed by atoms with E-state index in [1.54, 1.807) is 11.8 Å². The Morgan fingerprint density at radius 3 is 2.53 bits per heavy atom. The lowest BCUT2D eigenvalue weighted by molar-refractivity contribution is 0.175. The summed E-state index contributed by atoms with van der Waals surface area (Å²) in [4.78, 5) is 15.5. The highest BCUT2D eigenvalue weighted by Crippen LogP contribution is 2.35. The summed E-state index contributed by atoms with van der Waals surface area (Å²) in [6, 6.07) is 5.97. The van der Waals surface area contributed by atoms with Crippen LogP contribution >= 0.6 is 11.6 Å². The number of carbonyl (C=O) groups excluding carboxylic acids is 1. The third-order valence-corrected chi connectivity index (χ3v) is 6.39. The topological polar surface area (TPSA) is 54.5 Å². The number of benzene rings is 1. The Labute approximate surface area is 197 Å². The van der Waals surface area contributed by atoms with Gasteiger partial charge < -0.3 is 20.1 Å². The normalized spacial score (nSPS) is 15.2. The van der Waals surface area contributed by atoms with Crippen LogP contribution in [-0.4, -0.2) is 53.1 Å². The van der Waals surface area contributed by atoms with Gasteiger partial charge in [0, 0.05) is 48.3 Å². The zero-order chi connectivity index (χ0) is 23.5. The first-order valence-electron chi connectivity index (χ1n) is 11.7. The number of carbonyl (C=O) groups is 1. The Morgan fingerprint density at radius 1 is 1.28 bits per heavy atom. The van der Waals surface area contributed by atoms with E-state index in [4.69, 9.17) is 17.3 Å². The lowest BCUT2D eigenvalue weighted by Crippen LogP contribution is -2.43. The average molecular weight is 465 g/mol. The van der Waals surface area contributed by atoms with Crippen molar-refractivity contribution >= 4 is 28.5 Å². The molecule has 2 N–H and O–H groups in total. The summed E-state index contributed by atoms with van der Waals surface area (Å²) in [7, 11) is 0. The van der Waals surface area contributed by atoms with Crippen molar-refractivity contribution in [1.29, 1.82) is 0 Å². The van der Waals surface area contributed by atoms with Gasteiger partial charge in [-0.15, -0.1) is 0 Å². The highest BCUT2D eigenvalue weighted by molar-refractivity contribution is 6.31. The number of hydrogen-bond donors (Lipinski definition) is 1. The van der Waals surface area contributed by atoms with E-state index in [-0.39, 0.29) is 6.03 Å². The van der Waals surface area contributed by atoms with Crippen LogP contribution in [0.15, 0.2) is 36.8 Å². The van der Waals surface area contributed by atoms with Gasteiger partial charge >= 0.3 is 6.03 Å². The molecule has 1 aromatic heterocycles. The summed E-state index contributed by atoms with van der Waals surface area (Å²) in [5, 5.41) is 2.12. The molecule has 5 nitrogen and oxygen atoms in total. The highest BCUT2D eigenvalue weighted by Gasteiger charge is 2.24. The number of rotatable bonds is 8.